The van der Waals surface area contributed by atoms with E-state index in [9.17, 15) is 9.59 Å². The summed E-state index contributed by atoms with van der Waals surface area (Å²) in [7, 11) is 1.36. The Balaban J connectivity index is 2.16. The van der Waals surface area contributed by atoms with Gasteiger partial charge in [-0.25, -0.2) is 0 Å². The number of aliphatic carboxylic acids is 1. The van der Waals surface area contributed by atoms with Crippen molar-refractivity contribution in [1.29, 1.82) is 0 Å². The van der Waals surface area contributed by atoms with Crippen LogP contribution in [0.1, 0.15) is 19.3 Å². The fourth-order valence-corrected chi connectivity index (χ4v) is 2.81. The van der Waals surface area contributed by atoms with E-state index in [1.54, 1.807) is 0 Å². The molecule has 2 saturated heterocycles. The summed E-state index contributed by atoms with van der Waals surface area (Å²) in [5.41, 5.74) is 0. The van der Waals surface area contributed by atoms with Crippen molar-refractivity contribution in [2.24, 2.45) is 5.92 Å². The van der Waals surface area contributed by atoms with Gasteiger partial charge in [0.2, 0.25) is 0 Å². The molecule has 5 heteroatoms. The smallest absolute Gasteiger partial charge is 0.320 e. The molecular formula is C10H15NO4. The molecule has 5 nitrogen and oxygen atoms in total. The van der Waals surface area contributed by atoms with Crippen LogP contribution in [0.5, 0.6) is 0 Å². The molecule has 2 heterocycles. The summed E-state index contributed by atoms with van der Waals surface area (Å²) in [5, 5.41) is 9.04. The van der Waals surface area contributed by atoms with E-state index in [0.717, 1.165) is 19.4 Å². The summed E-state index contributed by atoms with van der Waals surface area (Å²) in [6.45, 7) is 0.787. The van der Waals surface area contributed by atoms with Crippen LogP contribution in [-0.4, -0.2) is 47.7 Å². The van der Waals surface area contributed by atoms with Crippen molar-refractivity contribution in [3.05, 3.63) is 0 Å². The number of carbonyl (C=O) groups excluding carboxylic acids is 1. The fraction of sp³-hybridized carbons (Fsp3) is 0.800. The van der Waals surface area contributed by atoms with Crippen LogP contribution in [0.3, 0.4) is 0 Å². The zero-order chi connectivity index (χ0) is 11.0. The summed E-state index contributed by atoms with van der Waals surface area (Å²) in [5.74, 6) is -1.34. The van der Waals surface area contributed by atoms with E-state index in [2.05, 4.69) is 0 Å². The third kappa shape index (κ3) is 1.61. The van der Waals surface area contributed by atoms with Gasteiger partial charge in [0.1, 0.15) is 6.04 Å². The van der Waals surface area contributed by atoms with Crippen LogP contribution in [0.25, 0.3) is 0 Å². The van der Waals surface area contributed by atoms with Gasteiger partial charge in [0.25, 0.3) is 0 Å². The van der Waals surface area contributed by atoms with Crippen LogP contribution >= 0.6 is 0 Å². The van der Waals surface area contributed by atoms with Gasteiger partial charge in [-0.3, -0.25) is 14.5 Å². The molecule has 2 fully saturated rings. The highest BCUT2D eigenvalue weighted by molar-refractivity contribution is 5.79. The maximum Gasteiger partial charge on any atom is 0.320 e. The van der Waals surface area contributed by atoms with Crippen molar-refractivity contribution in [2.45, 2.75) is 31.3 Å². The zero-order valence-electron chi connectivity index (χ0n) is 8.68. The first-order valence-corrected chi connectivity index (χ1v) is 5.21. The van der Waals surface area contributed by atoms with Gasteiger partial charge >= 0.3 is 11.9 Å². The molecule has 0 bridgehead atoms. The molecule has 1 N–H and O–H groups in total. The number of methoxy groups -OCH3 is 1. The second-order valence-electron chi connectivity index (χ2n) is 4.17. The predicted molar refractivity (Wildman–Crippen MR) is 51.3 cm³/mol. The van der Waals surface area contributed by atoms with Gasteiger partial charge in [0.15, 0.2) is 0 Å². The third-order valence-electron chi connectivity index (χ3n) is 3.47. The molecular weight excluding hydrogens is 198 g/mol. The highest BCUT2D eigenvalue weighted by atomic mass is 16.5. The lowest BCUT2D eigenvalue weighted by Gasteiger charge is -2.20. The molecule has 2 aliphatic rings. The normalized spacial score (nSPS) is 35.1. The van der Waals surface area contributed by atoms with Gasteiger partial charge in [0.05, 0.1) is 13.0 Å². The molecule has 0 aromatic carbocycles. The van der Waals surface area contributed by atoms with Crippen LogP contribution in [0, 0.1) is 5.92 Å². The number of hydrogen-bond donors (Lipinski definition) is 1. The minimum absolute atomic E-state index is 0.0820. The monoisotopic (exact) mass is 213 g/mol. The second-order valence-corrected chi connectivity index (χ2v) is 4.17. The SMILES string of the molecule is COC(=O)C1CC(C(=O)O)N2CCCC12. The molecule has 0 aromatic heterocycles. The van der Waals surface area contributed by atoms with Gasteiger partial charge in [-0.2, -0.15) is 0 Å². The van der Waals surface area contributed by atoms with Crippen molar-refractivity contribution in [2.75, 3.05) is 13.7 Å². The van der Waals surface area contributed by atoms with Crippen molar-refractivity contribution in [1.82, 2.24) is 4.90 Å². The molecule has 2 aliphatic heterocycles. The van der Waals surface area contributed by atoms with Gasteiger partial charge in [-0.05, 0) is 25.8 Å². The van der Waals surface area contributed by atoms with Crippen molar-refractivity contribution < 1.29 is 19.4 Å². The van der Waals surface area contributed by atoms with Gasteiger partial charge in [0, 0.05) is 6.04 Å². The fourth-order valence-electron chi connectivity index (χ4n) is 2.81. The Labute approximate surface area is 88.0 Å². The second kappa shape index (κ2) is 3.81. The molecule has 0 aromatic rings. The molecule has 15 heavy (non-hydrogen) atoms. The van der Waals surface area contributed by atoms with Crippen LogP contribution in [-0.2, 0) is 14.3 Å². The standard InChI is InChI=1S/C10H15NO4/c1-15-10(14)6-5-8(9(12)13)11-4-2-3-7(6)11/h6-8H,2-5H2,1H3,(H,12,13). The predicted octanol–water partition coefficient (Wildman–Crippen LogP) is 0.0969. The van der Waals surface area contributed by atoms with Gasteiger partial charge < -0.3 is 9.84 Å². The Morgan fingerprint density at radius 3 is 2.80 bits per heavy atom. The maximum absolute atomic E-state index is 11.5. The summed E-state index contributed by atoms with van der Waals surface area (Å²) in [6, 6.07) is -0.417. The first kappa shape index (κ1) is 10.4. The van der Waals surface area contributed by atoms with E-state index in [4.69, 9.17) is 9.84 Å². The molecule has 3 unspecified atom stereocenters. The summed E-state index contributed by atoms with van der Waals surface area (Å²) < 4.78 is 4.71. The number of fused-ring (bicyclic) bond motifs is 1. The maximum atomic E-state index is 11.5. The zero-order valence-corrected chi connectivity index (χ0v) is 8.68. The summed E-state index contributed by atoms with van der Waals surface area (Å²) in [4.78, 5) is 24.4. The first-order chi connectivity index (χ1) is 7.15. The molecule has 0 spiro atoms. The van der Waals surface area contributed by atoms with Crippen LogP contribution in [0.2, 0.25) is 0 Å². The van der Waals surface area contributed by atoms with E-state index >= 15 is 0 Å². The molecule has 0 radical (unpaired) electrons. The number of nitrogens with zero attached hydrogens (tertiary/aromatic N) is 1. The van der Waals surface area contributed by atoms with Crippen LogP contribution < -0.4 is 0 Å². The number of carboxylic acid groups (broad SMARTS) is 1. The average Bonchev–Trinajstić information content (AvgIpc) is 2.75. The Bertz CT molecular complexity index is 291. The largest absolute Gasteiger partial charge is 0.480 e. The lowest BCUT2D eigenvalue weighted by molar-refractivity contribution is -0.146. The number of esters is 1. The van der Waals surface area contributed by atoms with E-state index in [1.807, 2.05) is 4.90 Å². The highest BCUT2D eigenvalue weighted by Crippen LogP contribution is 2.37. The van der Waals surface area contributed by atoms with Crippen molar-refractivity contribution in [3.8, 4) is 0 Å². The first-order valence-electron chi connectivity index (χ1n) is 5.21. The minimum atomic E-state index is -0.826. The van der Waals surface area contributed by atoms with Crippen molar-refractivity contribution >= 4 is 11.9 Å². The van der Waals surface area contributed by atoms with Crippen LogP contribution in [0.15, 0.2) is 0 Å². The van der Waals surface area contributed by atoms with Gasteiger partial charge in [-0.15, -0.1) is 0 Å². The summed E-state index contributed by atoms with van der Waals surface area (Å²) in [6.07, 6.45) is 2.28. The molecule has 0 amide bonds. The number of carboxylic acids is 1. The van der Waals surface area contributed by atoms with E-state index in [-0.39, 0.29) is 17.9 Å². The summed E-state index contributed by atoms with van der Waals surface area (Å²) >= 11 is 0. The number of carbonyl (C=O) groups is 2. The van der Waals surface area contributed by atoms with E-state index < -0.39 is 12.0 Å². The molecule has 84 valence electrons. The Hall–Kier alpha value is -1.10. The molecule has 2 rings (SSSR count). The Kier molecular flexibility index (Phi) is 2.65. The molecule has 0 saturated carbocycles. The third-order valence-corrected chi connectivity index (χ3v) is 3.47. The van der Waals surface area contributed by atoms with Crippen molar-refractivity contribution in [3.63, 3.8) is 0 Å². The van der Waals surface area contributed by atoms with Crippen LogP contribution in [0.4, 0.5) is 0 Å². The Morgan fingerprint density at radius 1 is 1.47 bits per heavy atom. The van der Waals surface area contributed by atoms with E-state index in [1.165, 1.54) is 7.11 Å². The quantitative estimate of drug-likeness (QED) is 0.659. The number of hydrogen-bond acceptors (Lipinski definition) is 4. The lowest BCUT2D eigenvalue weighted by atomic mass is 9.97. The molecule has 3 atom stereocenters. The number of ether oxygens (including phenoxy) is 1. The average molecular weight is 213 g/mol. The topological polar surface area (TPSA) is 66.8 Å². The minimum Gasteiger partial charge on any atom is -0.480 e. The highest BCUT2D eigenvalue weighted by Gasteiger charge is 2.49. The molecule has 0 aliphatic carbocycles. The number of rotatable bonds is 2. The van der Waals surface area contributed by atoms with E-state index in [0.29, 0.717) is 6.42 Å². The lowest BCUT2D eigenvalue weighted by Crippen LogP contribution is -2.37. The Morgan fingerprint density at radius 2 is 2.20 bits per heavy atom. The van der Waals surface area contributed by atoms with Gasteiger partial charge in [-0.1, -0.05) is 0 Å².